The molecule has 0 amide bonds. The van der Waals surface area contributed by atoms with E-state index in [1.54, 1.807) is 17.4 Å². The zero-order valence-corrected chi connectivity index (χ0v) is 11.6. The van der Waals surface area contributed by atoms with Crippen LogP contribution in [0.15, 0.2) is 30.3 Å². The quantitative estimate of drug-likeness (QED) is 0.852. The molecule has 0 saturated heterocycles. The van der Waals surface area contributed by atoms with Crippen molar-refractivity contribution in [2.45, 2.75) is 32.7 Å². The third kappa shape index (κ3) is 2.79. The lowest BCUT2D eigenvalue weighted by molar-refractivity contribution is 0.631. The second kappa shape index (κ2) is 5.63. The molecule has 1 atom stereocenters. The molecule has 2 N–H and O–H groups in total. The first-order chi connectivity index (χ1) is 8.61. The highest BCUT2D eigenvalue weighted by molar-refractivity contribution is 7.15. The van der Waals surface area contributed by atoms with E-state index in [1.165, 1.54) is 6.07 Å². The van der Waals surface area contributed by atoms with E-state index in [2.05, 4.69) is 6.92 Å². The molecule has 0 radical (unpaired) electrons. The van der Waals surface area contributed by atoms with Crippen molar-refractivity contribution in [3.63, 3.8) is 0 Å². The molecule has 1 heterocycles. The molecule has 1 aromatic carbocycles. The summed E-state index contributed by atoms with van der Waals surface area (Å²) < 4.78 is 13.8. The lowest BCUT2D eigenvalue weighted by Crippen LogP contribution is -2.07. The molecule has 0 aliphatic carbocycles. The standard InChI is InChI=1S/C15H18FNS/c1-3-4-13(17)15-8-7-14(18-15)11-9-10(2)5-6-12(11)16/h5-9,13H,3-4,17H2,1-2H3. The highest BCUT2D eigenvalue weighted by Crippen LogP contribution is 2.33. The minimum atomic E-state index is -0.168. The average Bonchev–Trinajstić information content (AvgIpc) is 2.82. The van der Waals surface area contributed by atoms with Gasteiger partial charge in [0, 0.05) is 21.4 Å². The lowest BCUT2D eigenvalue weighted by atomic mass is 10.1. The predicted molar refractivity (Wildman–Crippen MR) is 76.3 cm³/mol. The molecule has 3 heteroatoms. The summed E-state index contributed by atoms with van der Waals surface area (Å²) in [5, 5.41) is 0. The summed E-state index contributed by atoms with van der Waals surface area (Å²) in [6.07, 6.45) is 2.03. The van der Waals surface area contributed by atoms with Gasteiger partial charge in [0.25, 0.3) is 0 Å². The van der Waals surface area contributed by atoms with Crippen LogP contribution in [0.4, 0.5) is 4.39 Å². The molecule has 1 unspecified atom stereocenters. The van der Waals surface area contributed by atoms with Crippen LogP contribution in [-0.4, -0.2) is 0 Å². The Balaban J connectivity index is 2.32. The number of nitrogens with two attached hydrogens (primary N) is 1. The first-order valence-electron chi connectivity index (χ1n) is 6.23. The maximum atomic E-state index is 13.8. The summed E-state index contributed by atoms with van der Waals surface area (Å²) in [7, 11) is 0. The van der Waals surface area contributed by atoms with Gasteiger partial charge in [-0.2, -0.15) is 0 Å². The lowest BCUT2D eigenvalue weighted by Gasteiger charge is -2.06. The van der Waals surface area contributed by atoms with Crippen LogP contribution in [0.2, 0.25) is 0 Å². The summed E-state index contributed by atoms with van der Waals surface area (Å²) in [6, 6.07) is 9.25. The van der Waals surface area contributed by atoms with Gasteiger partial charge >= 0.3 is 0 Å². The second-order valence-electron chi connectivity index (χ2n) is 4.58. The van der Waals surface area contributed by atoms with Crippen molar-refractivity contribution in [2.75, 3.05) is 0 Å². The molecule has 1 nitrogen and oxygen atoms in total. The van der Waals surface area contributed by atoms with Crippen molar-refractivity contribution in [1.29, 1.82) is 0 Å². The number of rotatable bonds is 4. The van der Waals surface area contributed by atoms with E-state index in [1.807, 2.05) is 25.1 Å². The largest absolute Gasteiger partial charge is 0.323 e. The first kappa shape index (κ1) is 13.2. The fraction of sp³-hybridized carbons (Fsp3) is 0.333. The number of halogens is 1. The Morgan fingerprint density at radius 3 is 2.78 bits per heavy atom. The Morgan fingerprint density at radius 2 is 2.06 bits per heavy atom. The monoisotopic (exact) mass is 263 g/mol. The van der Waals surface area contributed by atoms with Crippen LogP contribution in [0.5, 0.6) is 0 Å². The Labute approximate surface area is 111 Å². The normalized spacial score (nSPS) is 12.7. The van der Waals surface area contributed by atoms with Crippen LogP contribution in [-0.2, 0) is 0 Å². The van der Waals surface area contributed by atoms with E-state index in [0.717, 1.165) is 28.2 Å². The Hall–Kier alpha value is -1.19. The van der Waals surface area contributed by atoms with Crippen molar-refractivity contribution in [2.24, 2.45) is 5.73 Å². The highest BCUT2D eigenvalue weighted by atomic mass is 32.1. The van der Waals surface area contributed by atoms with Gasteiger partial charge in [-0.15, -0.1) is 11.3 Å². The summed E-state index contributed by atoms with van der Waals surface area (Å²) in [5.74, 6) is -0.168. The van der Waals surface area contributed by atoms with Crippen LogP contribution in [0.25, 0.3) is 10.4 Å². The molecule has 0 spiro atoms. The van der Waals surface area contributed by atoms with E-state index in [-0.39, 0.29) is 11.9 Å². The maximum absolute atomic E-state index is 13.8. The fourth-order valence-electron chi connectivity index (χ4n) is 1.98. The predicted octanol–water partition coefficient (Wildman–Crippen LogP) is 4.66. The SMILES string of the molecule is CCCC(N)c1ccc(-c2cc(C)ccc2F)s1. The van der Waals surface area contributed by atoms with Crippen molar-refractivity contribution in [3.05, 3.63) is 46.6 Å². The Morgan fingerprint density at radius 1 is 1.28 bits per heavy atom. The minimum Gasteiger partial charge on any atom is -0.323 e. The van der Waals surface area contributed by atoms with E-state index in [0.29, 0.717) is 5.56 Å². The van der Waals surface area contributed by atoms with Crippen molar-refractivity contribution in [1.82, 2.24) is 0 Å². The third-order valence-corrected chi connectivity index (χ3v) is 4.23. The molecule has 0 fully saturated rings. The molecule has 96 valence electrons. The molecular weight excluding hydrogens is 245 g/mol. The molecule has 0 aliphatic heterocycles. The minimum absolute atomic E-state index is 0.0709. The zero-order chi connectivity index (χ0) is 13.1. The van der Waals surface area contributed by atoms with Gasteiger partial charge in [0.15, 0.2) is 0 Å². The number of hydrogen-bond donors (Lipinski definition) is 1. The number of hydrogen-bond acceptors (Lipinski definition) is 2. The van der Waals surface area contributed by atoms with Crippen LogP contribution < -0.4 is 5.73 Å². The van der Waals surface area contributed by atoms with E-state index >= 15 is 0 Å². The van der Waals surface area contributed by atoms with Gasteiger partial charge in [-0.1, -0.05) is 25.0 Å². The van der Waals surface area contributed by atoms with Crippen molar-refractivity contribution < 1.29 is 4.39 Å². The Kier molecular flexibility index (Phi) is 4.15. The molecule has 2 aromatic rings. The van der Waals surface area contributed by atoms with Crippen LogP contribution in [0.1, 0.15) is 36.2 Å². The molecule has 0 aliphatic rings. The summed E-state index contributed by atoms with van der Waals surface area (Å²) in [4.78, 5) is 2.09. The van der Waals surface area contributed by atoms with E-state index < -0.39 is 0 Å². The second-order valence-corrected chi connectivity index (χ2v) is 5.70. The smallest absolute Gasteiger partial charge is 0.131 e. The topological polar surface area (TPSA) is 26.0 Å². The molecule has 1 aromatic heterocycles. The summed E-state index contributed by atoms with van der Waals surface area (Å²) >= 11 is 1.59. The number of aryl methyl sites for hydroxylation is 1. The van der Waals surface area contributed by atoms with Gasteiger partial charge in [0.1, 0.15) is 5.82 Å². The van der Waals surface area contributed by atoms with Crippen LogP contribution in [0.3, 0.4) is 0 Å². The molecular formula is C15H18FNS. The van der Waals surface area contributed by atoms with Gasteiger partial charge in [-0.05, 0) is 37.6 Å². The molecule has 2 rings (SSSR count). The highest BCUT2D eigenvalue weighted by Gasteiger charge is 2.12. The first-order valence-corrected chi connectivity index (χ1v) is 7.05. The molecule has 18 heavy (non-hydrogen) atoms. The van der Waals surface area contributed by atoms with Gasteiger partial charge in [0.2, 0.25) is 0 Å². The van der Waals surface area contributed by atoms with E-state index in [4.69, 9.17) is 5.73 Å². The zero-order valence-electron chi connectivity index (χ0n) is 10.7. The number of thiophene rings is 1. The van der Waals surface area contributed by atoms with Gasteiger partial charge in [-0.25, -0.2) is 4.39 Å². The van der Waals surface area contributed by atoms with Gasteiger partial charge < -0.3 is 5.73 Å². The van der Waals surface area contributed by atoms with Crippen LogP contribution >= 0.6 is 11.3 Å². The molecule has 0 saturated carbocycles. The molecule has 0 bridgehead atoms. The number of benzene rings is 1. The summed E-state index contributed by atoms with van der Waals surface area (Å²) in [6.45, 7) is 4.09. The van der Waals surface area contributed by atoms with Gasteiger partial charge in [-0.3, -0.25) is 0 Å². The Bertz CT molecular complexity index is 533. The average molecular weight is 263 g/mol. The van der Waals surface area contributed by atoms with E-state index in [9.17, 15) is 4.39 Å². The van der Waals surface area contributed by atoms with Gasteiger partial charge in [0.05, 0.1) is 0 Å². The fourth-order valence-corrected chi connectivity index (χ4v) is 3.04. The third-order valence-electron chi connectivity index (χ3n) is 2.98. The summed E-state index contributed by atoms with van der Waals surface area (Å²) in [5.41, 5.74) is 7.83. The maximum Gasteiger partial charge on any atom is 0.131 e. The van der Waals surface area contributed by atoms with Crippen molar-refractivity contribution >= 4 is 11.3 Å². The van der Waals surface area contributed by atoms with Crippen molar-refractivity contribution in [3.8, 4) is 10.4 Å². The van der Waals surface area contributed by atoms with Crippen LogP contribution in [0, 0.1) is 12.7 Å².